The zero-order valence-electron chi connectivity index (χ0n) is 15.0. The molecule has 0 heterocycles. The van der Waals surface area contributed by atoms with E-state index < -0.39 is 15.5 Å². The Bertz CT molecular complexity index is 854. The SMILES string of the molecule is CC(N=Nc1ccc([N+](=O)[O-])cc1[N+](=O)[O-])c1ccc(C(C)(C)C)cc1. The van der Waals surface area contributed by atoms with E-state index in [0.717, 1.165) is 11.6 Å². The van der Waals surface area contributed by atoms with Crippen LogP contribution in [0.15, 0.2) is 52.7 Å². The van der Waals surface area contributed by atoms with Crippen molar-refractivity contribution in [2.45, 2.75) is 39.2 Å². The maximum atomic E-state index is 11.1. The minimum absolute atomic E-state index is 0.0150. The van der Waals surface area contributed by atoms with E-state index in [1.165, 1.54) is 17.7 Å². The number of nitro benzene ring substituents is 2. The maximum absolute atomic E-state index is 11.1. The highest BCUT2D eigenvalue weighted by atomic mass is 16.6. The van der Waals surface area contributed by atoms with E-state index in [4.69, 9.17) is 0 Å². The van der Waals surface area contributed by atoms with Crippen LogP contribution < -0.4 is 0 Å². The van der Waals surface area contributed by atoms with Crippen molar-refractivity contribution >= 4 is 17.1 Å². The first-order valence-corrected chi connectivity index (χ1v) is 8.03. The van der Waals surface area contributed by atoms with Gasteiger partial charge in [-0.15, -0.1) is 5.11 Å². The van der Waals surface area contributed by atoms with Crippen molar-refractivity contribution in [2.75, 3.05) is 0 Å². The highest BCUT2D eigenvalue weighted by Gasteiger charge is 2.20. The molecule has 0 spiro atoms. The fourth-order valence-electron chi connectivity index (χ4n) is 2.33. The molecule has 0 aliphatic carbocycles. The molecular weight excluding hydrogens is 336 g/mol. The summed E-state index contributed by atoms with van der Waals surface area (Å²) in [7, 11) is 0. The second-order valence-electron chi connectivity index (χ2n) is 6.95. The zero-order valence-corrected chi connectivity index (χ0v) is 15.0. The first kappa shape index (κ1) is 19.2. The van der Waals surface area contributed by atoms with Gasteiger partial charge in [0.15, 0.2) is 5.69 Å². The lowest BCUT2D eigenvalue weighted by Crippen LogP contribution is -2.10. The summed E-state index contributed by atoms with van der Waals surface area (Å²) in [4.78, 5) is 20.5. The fraction of sp³-hybridized carbons (Fsp3) is 0.333. The Hall–Kier alpha value is -3.16. The number of nitrogens with zero attached hydrogens (tertiary/aromatic N) is 4. The molecule has 0 fully saturated rings. The maximum Gasteiger partial charge on any atom is 0.303 e. The van der Waals surface area contributed by atoms with E-state index in [-0.39, 0.29) is 22.8 Å². The Morgan fingerprint density at radius 3 is 2.08 bits per heavy atom. The predicted molar refractivity (Wildman–Crippen MR) is 97.8 cm³/mol. The molecule has 0 saturated heterocycles. The number of rotatable bonds is 5. The van der Waals surface area contributed by atoms with Crippen LogP contribution in [0.2, 0.25) is 0 Å². The number of nitro groups is 2. The molecule has 8 nitrogen and oxygen atoms in total. The molecule has 26 heavy (non-hydrogen) atoms. The third kappa shape index (κ3) is 4.47. The van der Waals surface area contributed by atoms with E-state index in [0.29, 0.717) is 0 Å². The second-order valence-corrected chi connectivity index (χ2v) is 6.95. The van der Waals surface area contributed by atoms with Crippen molar-refractivity contribution in [1.29, 1.82) is 0 Å². The average molecular weight is 356 g/mol. The molecular formula is C18H20N4O4. The summed E-state index contributed by atoms with van der Waals surface area (Å²) >= 11 is 0. The Labute approximate surface area is 150 Å². The van der Waals surface area contributed by atoms with Gasteiger partial charge in [-0.25, -0.2) is 0 Å². The third-order valence-corrected chi connectivity index (χ3v) is 3.96. The normalized spacial score (nSPS) is 12.9. The van der Waals surface area contributed by atoms with Crippen LogP contribution in [0.5, 0.6) is 0 Å². The molecule has 0 aliphatic heterocycles. The summed E-state index contributed by atoms with van der Waals surface area (Å²) in [5.41, 5.74) is 1.34. The number of azo groups is 1. The summed E-state index contributed by atoms with van der Waals surface area (Å²) in [5, 5.41) is 29.9. The highest BCUT2D eigenvalue weighted by Crippen LogP contribution is 2.33. The van der Waals surface area contributed by atoms with Gasteiger partial charge in [0.1, 0.15) is 0 Å². The molecule has 0 aliphatic rings. The van der Waals surface area contributed by atoms with Crippen LogP contribution in [-0.2, 0) is 5.41 Å². The minimum atomic E-state index is -0.704. The van der Waals surface area contributed by atoms with E-state index in [1.807, 2.05) is 31.2 Å². The lowest BCUT2D eigenvalue weighted by atomic mass is 9.86. The van der Waals surface area contributed by atoms with Gasteiger partial charge < -0.3 is 0 Å². The molecule has 0 amide bonds. The quantitative estimate of drug-likeness (QED) is 0.391. The van der Waals surface area contributed by atoms with E-state index in [9.17, 15) is 20.2 Å². The van der Waals surface area contributed by atoms with Gasteiger partial charge in [-0.05, 0) is 29.5 Å². The summed E-state index contributed by atoms with van der Waals surface area (Å²) in [6.45, 7) is 8.20. The van der Waals surface area contributed by atoms with Crippen molar-refractivity contribution in [3.63, 3.8) is 0 Å². The Balaban J connectivity index is 2.26. The molecule has 1 unspecified atom stereocenters. The van der Waals surface area contributed by atoms with Gasteiger partial charge >= 0.3 is 5.69 Å². The average Bonchev–Trinajstić information content (AvgIpc) is 2.58. The van der Waals surface area contributed by atoms with Crippen LogP contribution in [0.4, 0.5) is 17.1 Å². The predicted octanol–water partition coefficient (Wildman–Crippen LogP) is 5.65. The first-order chi connectivity index (χ1) is 12.1. The van der Waals surface area contributed by atoms with Crippen molar-refractivity contribution in [2.24, 2.45) is 10.2 Å². The fourth-order valence-corrected chi connectivity index (χ4v) is 2.33. The molecule has 136 valence electrons. The standard InChI is InChI=1S/C18H20N4O4/c1-12(13-5-7-14(8-6-13)18(2,3)4)19-20-16-10-9-15(21(23)24)11-17(16)22(25)26/h5-12H,1-4H3. The number of hydrogen-bond donors (Lipinski definition) is 0. The lowest BCUT2D eigenvalue weighted by molar-refractivity contribution is -0.393. The van der Waals surface area contributed by atoms with Crippen LogP contribution in [0.3, 0.4) is 0 Å². The molecule has 2 aromatic carbocycles. The second kappa shape index (κ2) is 7.38. The Morgan fingerprint density at radius 1 is 0.962 bits per heavy atom. The minimum Gasteiger partial charge on any atom is -0.258 e. The van der Waals surface area contributed by atoms with Gasteiger partial charge in [0.2, 0.25) is 0 Å². The number of non-ortho nitro benzene ring substituents is 1. The molecule has 1 atom stereocenters. The molecule has 0 N–H and O–H groups in total. The summed E-state index contributed by atoms with van der Waals surface area (Å²) in [6, 6.07) is 10.9. The van der Waals surface area contributed by atoms with Crippen LogP contribution in [0.1, 0.15) is 44.9 Å². The van der Waals surface area contributed by atoms with E-state index in [2.05, 4.69) is 31.0 Å². The molecule has 0 radical (unpaired) electrons. The summed E-state index contributed by atoms with van der Waals surface area (Å²) < 4.78 is 0. The largest absolute Gasteiger partial charge is 0.303 e. The van der Waals surface area contributed by atoms with Gasteiger partial charge in [0.25, 0.3) is 5.69 Å². The molecule has 2 rings (SSSR count). The van der Waals surface area contributed by atoms with Gasteiger partial charge in [-0.3, -0.25) is 20.2 Å². The van der Waals surface area contributed by atoms with Crippen molar-refractivity contribution in [3.05, 3.63) is 73.8 Å². The molecule has 2 aromatic rings. The lowest BCUT2D eigenvalue weighted by Gasteiger charge is -2.19. The first-order valence-electron chi connectivity index (χ1n) is 8.03. The topological polar surface area (TPSA) is 111 Å². The van der Waals surface area contributed by atoms with Gasteiger partial charge in [-0.1, -0.05) is 45.0 Å². The molecule has 0 saturated carbocycles. The molecule has 0 bridgehead atoms. The smallest absolute Gasteiger partial charge is 0.258 e. The Morgan fingerprint density at radius 2 is 1.58 bits per heavy atom. The Kier molecular flexibility index (Phi) is 5.44. The van der Waals surface area contributed by atoms with Crippen LogP contribution in [0.25, 0.3) is 0 Å². The monoisotopic (exact) mass is 356 g/mol. The highest BCUT2D eigenvalue weighted by molar-refractivity contribution is 5.61. The van der Waals surface area contributed by atoms with Gasteiger partial charge in [0, 0.05) is 6.07 Å². The van der Waals surface area contributed by atoms with Crippen LogP contribution >= 0.6 is 0 Å². The number of hydrogen-bond acceptors (Lipinski definition) is 6. The van der Waals surface area contributed by atoms with E-state index in [1.54, 1.807) is 0 Å². The third-order valence-electron chi connectivity index (χ3n) is 3.96. The van der Waals surface area contributed by atoms with Crippen LogP contribution in [0, 0.1) is 20.2 Å². The zero-order chi connectivity index (χ0) is 19.5. The van der Waals surface area contributed by atoms with Gasteiger partial charge in [-0.2, -0.15) is 5.11 Å². The van der Waals surface area contributed by atoms with Crippen molar-refractivity contribution in [1.82, 2.24) is 0 Å². The summed E-state index contributed by atoms with van der Waals surface area (Å²) in [6.07, 6.45) is 0. The van der Waals surface area contributed by atoms with E-state index >= 15 is 0 Å². The summed E-state index contributed by atoms with van der Waals surface area (Å²) in [5.74, 6) is 0. The number of benzene rings is 2. The van der Waals surface area contributed by atoms with Crippen molar-refractivity contribution < 1.29 is 9.85 Å². The molecule has 8 heteroatoms. The molecule has 0 aromatic heterocycles. The van der Waals surface area contributed by atoms with Gasteiger partial charge in [0.05, 0.1) is 22.0 Å². The van der Waals surface area contributed by atoms with Crippen molar-refractivity contribution in [3.8, 4) is 0 Å². The van der Waals surface area contributed by atoms with Crippen LogP contribution in [-0.4, -0.2) is 9.85 Å².